The van der Waals surface area contributed by atoms with Gasteiger partial charge >= 0.3 is 0 Å². The number of nitrogens with one attached hydrogen (secondary N) is 2. The molecular formula is C13H11BrN2. The smallest absolute Gasteiger partial charge is 0.0473 e. The minimum atomic E-state index is 0.859. The molecule has 0 spiro atoms. The molecule has 0 aromatic heterocycles. The molecular weight excluding hydrogens is 264 g/mol. The highest BCUT2D eigenvalue weighted by molar-refractivity contribution is 9.10. The first-order valence-corrected chi connectivity index (χ1v) is 5.71. The lowest BCUT2D eigenvalue weighted by Crippen LogP contribution is -1.94. The van der Waals surface area contributed by atoms with Crippen molar-refractivity contribution in [3.8, 4) is 0 Å². The lowest BCUT2D eigenvalue weighted by molar-refractivity contribution is 1.49. The maximum Gasteiger partial charge on any atom is 0.0473 e. The van der Waals surface area contributed by atoms with E-state index in [1.54, 1.807) is 0 Å². The van der Waals surface area contributed by atoms with Crippen molar-refractivity contribution >= 4 is 33.5 Å². The summed E-state index contributed by atoms with van der Waals surface area (Å²) in [6.07, 6.45) is 1.34. The topological polar surface area (TPSA) is 35.9 Å². The first-order valence-electron chi connectivity index (χ1n) is 4.92. The molecule has 0 aliphatic carbocycles. The minimum absolute atomic E-state index is 0.859. The van der Waals surface area contributed by atoms with Crippen molar-refractivity contribution in [1.82, 2.24) is 0 Å². The van der Waals surface area contributed by atoms with Gasteiger partial charge in [0.15, 0.2) is 0 Å². The zero-order chi connectivity index (χ0) is 11.4. The van der Waals surface area contributed by atoms with E-state index >= 15 is 0 Å². The lowest BCUT2D eigenvalue weighted by atomic mass is 10.2. The first-order chi connectivity index (χ1) is 7.79. The molecule has 0 radical (unpaired) electrons. The summed E-state index contributed by atoms with van der Waals surface area (Å²) in [6, 6.07) is 15.8. The SMILES string of the molecule is N=Cc1cc(Br)ccc1Nc1ccccc1. The Kier molecular flexibility index (Phi) is 3.37. The average Bonchev–Trinajstić information content (AvgIpc) is 2.33. The number of rotatable bonds is 3. The van der Waals surface area contributed by atoms with E-state index in [0.29, 0.717) is 0 Å². The van der Waals surface area contributed by atoms with Gasteiger partial charge in [-0.25, -0.2) is 0 Å². The van der Waals surface area contributed by atoms with E-state index in [0.717, 1.165) is 21.4 Å². The molecule has 16 heavy (non-hydrogen) atoms. The van der Waals surface area contributed by atoms with Crippen molar-refractivity contribution in [2.75, 3.05) is 5.32 Å². The molecule has 0 amide bonds. The zero-order valence-electron chi connectivity index (χ0n) is 8.57. The van der Waals surface area contributed by atoms with E-state index in [-0.39, 0.29) is 0 Å². The van der Waals surface area contributed by atoms with Crippen molar-refractivity contribution < 1.29 is 0 Å². The molecule has 2 N–H and O–H groups in total. The van der Waals surface area contributed by atoms with Gasteiger partial charge in [0.05, 0.1) is 0 Å². The van der Waals surface area contributed by atoms with Crippen LogP contribution in [0.5, 0.6) is 0 Å². The number of para-hydroxylation sites is 1. The molecule has 3 heteroatoms. The molecule has 0 saturated carbocycles. The summed E-state index contributed by atoms with van der Waals surface area (Å²) < 4.78 is 0.976. The van der Waals surface area contributed by atoms with Crippen molar-refractivity contribution in [2.24, 2.45) is 0 Å². The normalized spacial score (nSPS) is 9.81. The predicted molar refractivity (Wildman–Crippen MR) is 71.8 cm³/mol. The van der Waals surface area contributed by atoms with Gasteiger partial charge in [-0.05, 0) is 30.3 Å². The zero-order valence-corrected chi connectivity index (χ0v) is 10.2. The second-order valence-electron chi connectivity index (χ2n) is 3.37. The van der Waals surface area contributed by atoms with Crippen LogP contribution in [0.2, 0.25) is 0 Å². The number of hydrogen-bond donors (Lipinski definition) is 2. The standard InChI is InChI=1S/C13H11BrN2/c14-11-6-7-13(10(8-11)9-15)16-12-4-2-1-3-5-12/h1-9,15-16H. The molecule has 0 fully saturated rings. The van der Waals surface area contributed by atoms with Gasteiger partial charge in [-0.3, -0.25) is 0 Å². The highest BCUT2D eigenvalue weighted by atomic mass is 79.9. The summed E-state index contributed by atoms with van der Waals surface area (Å²) in [5.41, 5.74) is 2.82. The van der Waals surface area contributed by atoms with Crippen molar-refractivity contribution in [3.05, 3.63) is 58.6 Å². The van der Waals surface area contributed by atoms with Crippen LogP contribution in [0.15, 0.2) is 53.0 Å². The van der Waals surface area contributed by atoms with Crippen LogP contribution in [0.3, 0.4) is 0 Å². The Morgan fingerprint density at radius 2 is 1.81 bits per heavy atom. The summed E-state index contributed by atoms with van der Waals surface area (Å²) in [6.45, 7) is 0. The fraction of sp³-hybridized carbons (Fsp3) is 0. The van der Waals surface area contributed by atoms with E-state index in [1.165, 1.54) is 6.21 Å². The van der Waals surface area contributed by atoms with Crippen LogP contribution >= 0.6 is 15.9 Å². The van der Waals surface area contributed by atoms with Crippen molar-refractivity contribution in [2.45, 2.75) is 0 Å². The highest BCUT2D eigenvalue weighted by Crippen LogP contribution is 2.23. The van der Waals surface area contributed by atoms with Gasteiger partial charge in [-0.15, -0.1) is 0 Å². The summed E-state index contributed by atoms with van der Waals surface area (Å²) in [5, 5.41) is 10.6. The third kappa shape index (κ3) is 2.49. The van der Waals surface area contributed by atoms with Gasteiger partial charge in [-0.1, -0.05) is 34.1 Å². The molecule has 0 bridgehead atoms. The molecule has 0 unspecified atom stereocenters. The van der Waals surface area contributed by atoms with Crippen LogP contribution in [-0.4, -0.2) is 6.21 Å². The summed E-state index contributed by atoms with van der Waals surface area (Å²) in [4.78, 5) is 0. The first kappa shape index (κ1) is 10.9. The number of halogens is 1. The molecule has 2 aromatic carbocycles. The second kappa shape index (κ2) is 4.94. The fourth-order valence-electron chi connectivity index (χ4n) is 1.44. The Bertz CT molecular complexity index is 495. The molecule has 0 aliphatic heterocycles. The number of benzene rings is 2. The Morgan fingerprint density at radius 1 is 1.06 bits per heavy atom. The van der Waals surface area contributed by atoms with Crippen LogP contribution in [0.25, 0.3) is 0 Å². The van der Waals surface area contributed by atoms with Gasteiger partial charge in [-0.2, -0.15) is 0 Å². The number of anilines is 2. The molecule has 0 heterocycles. The molecule has 0 saturated heterocycles. The Hall–Kier alpha value is -1.61. The average molecular weight is 275 g/mol. The van der Waals surface area contributed by atoms with Crippen LogP contribution in [0.1, 0.15) is 5.56 Å². The molecule has 0 atom stereocenters. The third-order valence-corrected chi connectivity index (χ3v) is 2.72. The Morgan fingerprint density at radius 3 is 2.50 bits per heavy atom. The van der Waals surface area contributed by atoms with Gasteiger partial charge in [0.2, 0.25) is 0 Å². The van der Waals surface area contributed by atoms with E-state index in [1.807, 2.05) is 48.5 Å². The predicted octanol–water partition coefficient (Wildman–Crippen LogP) is 4.19. The maximum absolute atomic E-state index is 7.36. The Labute approximate surface area is 103 Å². The van der Waals surface area contributed by atoms with Gasteiger partial charge in [0.25, 0.3) is 0 Å². The van der Waals surface area contributed by atoms with Gasteiger partial charge < -0.3 is 10.7 Å². The van der Waals surface area contributed by atoms with Crippen molar-refractivity contribution in [3.63, 3.8) is 0 Å². The largest absolute Gasteiger partial charge is 0.355 e. The number of hydrogen-bond acceptors (Lipinski definition) is 2. The minimum Gasteiger partial charge on any atom is -0.355 e. The van der Waals surface area contributed by atoms with E-state index in [2.05, 4.69) is 21.2 Å². The summed E-state index contributed by atoms with van der Waals surface area (Å²) in [7, 11) is 0. The summed E-state index contributed by atoms with van der Waals surface area (Å²) in [5.74, 6) is 0. The molecule has 2 rings (SSSR count). The highest BCUT2D eigenvalue weighted by Gasteiger charge is 2.00. The van der Waals surface area contributed by atoms with E-state index in [9.17, 15) is 0 Å². The van der Waals surface area contributed by atoms with Gasteiger partial charge in [0.1, 0.15) is 0 Å². The molecule has 2 nitrogen and oxygen atoms in total. The molecule has 80 valence electrons. The summed E-state index contributed by atoms with van der Waals surface area (Å²) >= 11 is 3.39. The van der Waals surface area contributed by atoms with Crippen LogP contribution in [-0.2, 0) is 0 Å². The lowest BCUT2D eigenvalue weighted by Gasteiger charge is -2.09. The van der Waals surface area contributed by atoms with E-state index < -0.39 is 0 Å². The van der Waals surface area contributed by atoms with E-state index in [4.69, 9.17) is 5.41 Å². The third-order valence-electron chi connectivity index (χ3n) is 2.22. The quantitative estimate of drug-likeness (QED) is 0.809. The van der Waals surface area contributed by atoms with Crippen molar-refractivity contribution in [1.29, 1.82) is 5.41 Å². The van der Waals surface area contributed by atoms with Gasteiger partial charge in [0, 0.05) is 27.6 Å². The molecule has 2 aromatic rings. The second-order valence-corrected chi connectivity index (χ2v) is 4.28. The van der Waals surface area contributed by atoms with Crippen LogP contribution in [0.4, 0.5) is 11.4 Å². The van der Waals surface area contributed by atoms with Crippen LogP contribution in [0, 0.1) is 5.41 Å². The monoisotopic (exact) mass is 274 g/mol. The van der Waals surface area contributed by atoms with Crippen LogP contribution < -0.4 is 5.32 Å². The maximum atomic E-state index is 7.36. The fourth-order valence-corrected chi connectivity index (χ4v) is 1.82. The Balaban J connectivity index is 2.31. The molecule has 0 aliphatic rings.